The number of allylic oxidation sites excluding steroid dienone is 8. The molecule has 7 heteroatoms. The Balaban J connectivity index is 1.66. The summed E-state index contributed by atoms with van der Waals surface area (Å²) in [6, 6.07) is 17.3. The molecule has 2 aliphatic heterocycles. The molecule has 1 atom stereocenters. The largest absolute Gasteiger partial charge is 0.481 e. The van der Waals surface area contributed by atoms with Gasteiger partial charge in [-0.2, -0.15) is 4.58 Å². The van der Waals surface area contributed by atoms with Gasteiger partial charge in [0.1, 0.15) is 6.42 Å². The maximum atomic E-state index is 12.0. The summed E-state index contributed by atoms with van der Waals surface area (Å²) >= 11 is 7.51. The molecule has 0 fully saturated rings. The van der Waals surface area contributed by atoms with Crippen LogP contribution in [0.25, 0.3) is 0 Å². The molecule has 5 rings (SSSR count). The summed E-state index contributed by atoms with van der Waals surface area (Å²) in [6.45, 7) is 12.1. The van der Waals surface area contributed by atoms with Gasteiger partial charge in [0.25, 0.3) is 0 Å². The number of carboxylic acid groups (broad SMARTS) is 2. The van der Waals surface area contributed by atoms with Gasteiger partial charge in [0.05, 0.1) is 11.8 Å². The summed E-state index contributed by atoms with van der Waals surface area (Å²) in [6.07, 6.45) is 24.9. The number of hydrogen-bond donors (Lipinski definition) is 2. The molecule has 6 nitrogen and oxygen atoms in total. The molecule has 2 aromatic carbocycles. The van der Waals surface area contributed by atoms with Gasteiger partial charge in [0.2, 0.25) is 5.69 Å². The molecule has 2 N–H and O–H groups in total. The molecule has 1 aliphatic carbocycles. The summed E-state index contributed by atoms with van der Waals surface area (Å²) in [5, 5.41) is 20.4. The standard InChI is InChI=1S/C50H67ClN2O4/c1-6-11-29-49(30-12-7-2)40-19-15-17-21-42(40)52(33-27-46(54)55)44(49)25-23-38-35-37(10-5)36-39(48(38)51)24-26-45-50(31-13-8-3,32-14-9-4)41-20-16-18-22-43(41)53(45)34-28-47(56)57/h15-26,37H,6-14,27-36H2,1-5H3,(H-,54,55,56,57)/p+1. The lowest BCUT2D eigenvalue weighted by molar-refractivity contribution is -0.436. The Morgan fingerprint density at radius 3 is 1.93 bits per heavy atom. The zero-order chi connectivity index (χ0) is 41.0. The highest BCUT2D eigenvalue weighted by Crippen LogP contribution is 2.54. The number of aliphatic carboxylic acids is 2. The summed E-state index contributed by atoms with van der Waals surface area (Å²) in [7, 11) is 0. The lowest BCUT2D eigenvalue weighted by Crippen LogP contribution is -2.35. The summed E-state index contributed by atoms with van der Waals surface area (Å²) in [5.74, 6) is -1.14. The van der Waals surface area contributed by atoms with Gasteiger partial charge in [-0.1, -0.05) is 153 Å². The summed E-state index contributed by atoms with van der Waals surface area (Å²) < 4.78 is 2.29. The lowest BCUT2D eigenvalue weighted by atomic mass is 9.70. The molecule has 0 radical (unpaired) electrons. The van der Waals surface area contributed by atoms with Gasteiger partial charge in [-0.05, 0) is 73.3 Å². The number of halogens is 1. The number of para-hydroxylation sites is 2. The van der Waals surface area contributed by atoms with Crippen LogP contribution in [0.1, 0.15) is 155 Å². The number of carbonyl (C=O) groups is 2. The van der Waals surface area contributed by atoms with Crippen molar-refractivity contribution >= 4 is 40.6 Å². The number of fused-ring (bicyclic) bond motifs is 2. The number of carboxylic acids is 2. The minimum absolute atomic E-state index is 0.0670. The molecule has 0 spiro atoms. The molecule has 0 bridgehead atoms. The Morgan fingerprint density at radius 1 is 0.754 bits per heavy atom. The highest BCUT2D eigenvalue weighted by molar-refractivity contribution is 6.32. The Kier molecular flexibility index (Phi) is 16.0. The molecule has 0 aromatic heterocycles. The van der Waals surface area contributed by atoms with Gasteiger partial charge < -0.3 is 15.1 Å². The molecule has 3 aliphatic rings. The predicted octanol–water partition coefficient (Wildman–Crippen LogP) is 13.2. The number of unbranched alkanes of at least 4 members (excludes halogenated alkanes) is 4. The van der Waals surface area contributed by atoms with Crippen molar-refractivity contribution in [2.24, 2.45) is 5.92 Å². The van der Waals surface area contributed by atoms with E-state index in [1.807, 2.05) is 0 Å². The molecule has 0 saturated carbocycles. The van der Waals surface area contributed by atoms with E-state index in [2.05, 4.69) is 117 Å². The lowest BCUT2D eigenvalue weighted by Gasteiger charge is -2.34. The predicted molar refractivity (Wildman–Crippen MR) is 237 cm³/mol. The fraction of sp³-hybridized carbons (Fsp3) is 0.540. The maximum absolute atomic E-state index is 12.0. The van der Waals surface area contributed by atoms with Crippen molar-refractivity contribution in [3.63, 3.8) is 0 Å². The number of rotatable bonds is 22. The SMILES string of the molecule is CCCCC1(CCCC)C(=CC=C2CC(CC)CC(C=CC3=[N+](CCC(=O)O)c4ccccc4C3(CCCC)CCCC)=C2Cl)N(CCC(=O)O)c2ccccc21. The summed E-state index contributed by atoms with van der Waals surface area (Å²) in [4.78, 5) is 26.2. The van der Waals surface area contributed by atoms with E-state index in [0.29, 0.717) is 19.0 Å². The van der Waals surface area contributed by atoms with E-state index in [9.17, 15) is 19.8 Å². The van der Waals surface area contributed by atoms with Gasteiger partial charge >= 0.3 is 11.9 Å². The highest BCUT2D eigenvalue weighted by atomic mass is 35.5. The first kappa shape index (κ1) is 44.2. The van der Waals surface area contributed by atoms with Gasteiger partial charge in [-0.3, -0.25) is 9.59 Å². The zero-order valence-corrected chi connectivity index (χ0v) is 36.2. The normalized spacial score (nSPS) is 20.0. The Hall–Kier alpha value is -3.90. The highest BCUT2D eigenvalue weighted by Gasteiger charge is 2.50. The van der Waals surface area contributed by atoms with Crippen LogP contribution in [-0.2, 0) is 20.4 Å². The van der Waals surface area contributed by atoms with Crippen molar-refractivity contribution < 1.29 is 24.4 Å². The second kappa shape index (κ2) is 20.7. The van der Waals surface area contributed by atoms with Gasteiger partial charge in [-0.25, -0.2) is 0 Å². The smallest absolute Gasteiger partial charge is 0.309 e. The number of benzene rings is 2. The van der Waals surface area contributed by atoms with E-state index in [4.69, 9.17) is 11.6 Å². The molecule has 308 valence electrons. The minimum atomic E-state index is -0.788. The van der Waals surface area contributed by atoms with Crippen LogP contribution in [-0.4, -0.2) is 45.5 Å². The van der Waals surface area contributed by atoms with Crippen molar-refractivity contribution in [1.82, 2.24) is 0 Å². The van der Waals surface area contributed by atoms with Crippen molar-refractivity contribution in [1.29, 1.82) is 0 Å². The van der Waals surface area contributed by atoms with Crippen LogP contribution >= 0.6 is 11.6 Å². The van der Waals surface area contributed by atoms with Crippen LogP contribution < -0.4 is 4.90 Å². The van der Waals surface area contributed by atoms with Crippen LogP contribution in [0, 0.1) is 5.92 Å². The number of nitrogens with zero attached hydrogens (tertiary/aromatic N) is 2. The Bertz CT molecular complexity index is 1870. The first-order valence-electron chi connectivity index (χ1n) is 22.1. The van der Waals surface area contributed by atoms with E-state index in [1.54, 1.807) is 0 Å². The van der Waals surface area contributed by atoms with Crippen LogP contribution in [0.2, 0.25) is 0 Å². The monoisotopic (exact) mass is 795 g/mol. The summed E-state index contributed by atoms with van der Waals surface area (Å²) in [5.41, 5.74) is 9.17. The van der Waals surface area contributed by atoms with Gasteiger partial charge in [0.15, 0.2) is 12.3 Å². The van der Waals surface area contributed by atoms with Crippen molar-refractivity contribution in [3.05, 3.63) is 106 Å². The van der Waals surface area contributed by atoms with Crippen LogP contribution in [0.15, 0.2) is 94.7 Å². The maximum Gasteiger partial charge on any atom is 0.309 e. The number of hydrogen-bond acceptors (Lipinski definition) is 3. The third kappa shape index (κ3) is 9.70. The van der Waals surface area contributed by atoms with E-state index in [0.717, 1.165) is 124 Å². The Morgan fingerprint density at radius 2 is 1.33 bits per heavy atom. The molecule has 57 heavy (non-hydrogen) atoms. The first-order valence-corrected chi connectivity index (χ1v) is 22.5. The van der Waals surface area contributed by atoms with Gasteiger partial charge in [0, 0.05) is 46.1 Å². The van der Waals surface area contributed by atoms with E-state index in [-0.39, 0.29) is 23.7 Å². The first-order chi connectivity index (χ1) is 27.6. The number of anilines is 1. The van der Waals surface area contributed by atoms with E-state index in [1.165, 1.54) is 22.5 Å². The van der Waals surface area contributed by atoms with Crippen molar-refractivity contribution in [2.75, 3.05) is 18.0 Å². The molecule has 2 heterocycles. The second-order valence-corrected chi connectivity index (χ2v) is 17.1. The van der Waals surface area contributed by atoms with Crippen molar-refractivity contribution in [2.45, 2.75) is 155 Å². The van der Waals surface area contributed by atoms with Crippen LogP contribution in [0.5, 0.6) is 0 Å². The zero-order valence-electron chi connectivity index (χ0n) is 35.4. The molecule has 1 unspecified atom stereocenters. The molecular formula is C50H68ClN2O4+. The van der Waals surface area contributed by atoms with Crippen LogP contribution in [0.4, 0.5) is 11.4 Å². The van der Waals surface area contributed by atoms with E-state index >= 15 is 0 Å². The third-order valence-corrected chi connectivity index (χ3v) is 13.4. The van der Waals surface area contributed by atoms with Gasteiger partial charge in [-0.15, -0.1) is 0 Å². The third-order valence-electron chi connectivity index (χ3n) is 13.0. The van der Waals surface area contributed by atoms with Crippen molar-refractivity contribution in [3.8, 4) is 0 Å². The molecule has 0 amide bonds. The second-order valence-electron chi connectivity index (χ2n) is 16.7. The molecule has 2 aromatic rings. The molecule has 0 saturated heterocycles. The van der Waals surface area contributed by atoms with E-state index < -0.39 is 11.9 Å². The Labute approximate surface area is 348 Å². The topological polar surface area (TPSA) is 80.9 Å². The fourth-order valence-corrected chi connectivity index (χ4v) is 10.2. The minimum Gasteiger partial charge on any atom is -0.481 e. The average molecular weight is 797 g/mol. The molecular weight excluding hydrogens is 728 g/mol. The quantitative estimate of drug-likeness (QED) is 0.116. The average Bonchev–Trinajstić information content (AvgIpc) is 3.63. The fourth-order valence-electron chi connectivity index (χ4n) is 9.90. The van der Waals surface area contributed by atoms with Crippen LogP contribution in [0.3, 0.4) is 0 Å².